The first-order chi connectivity index (χ1) is 13.3. The summed E-state index contributed by atoms with van der Waals surface area (Å²) in [5.41, 5.74) is 3.28. The standard InChI is InChI=1S/C19H15Cl3N4O2/c1-3-26-19(28)13-7-5-4-6-12(13)17(25-26)18(27)24-23-10(2)11-8-9-14(20)16(22)15(11)21/h4-9H,3H2,1-2H3,(H,24,27)/b23-10+. The van der Waals surface area contributed by atoms with Gasteiger partial charge in [0.05, 0.1) is 26.2 Å². The van der Waals surface area contributed by atoms with Crippen LogP contribution in [-0.2, 0) is 6.54 Å². The molecule has 144 valence electrons. The molecule has 1 N–H and O–H groups in total. The molecule has 1 heterocycles. The van der Waals surface area contributed by atoms with Gasteiger partial charge in [0.2, 0.25) is 0 Å². The van der Waals surface area contributed by atoms with Crippen molar-refractivity contribution >= 4 is 57.2 Å². The van der Waals surface area contributed by atoms with E-state index in [1.165, 1.54) is 4.68 Å². The lowest BCUT2D eigenvalue weighted by atomic mass is 10.1. The quantitative estimate of drug-likeness (QED) is 0.370. The molecule has 0 radical (unpaired) electrons. The fourth-order valence-corrected chi connectivity index (χ4v) is 3.34. The Bertz CT molecular complexity index is 1170. The lowest BCUT2D eigenvalue weighted by molar-refractivity contribution is 0.0949. The summed E-state index contributed by atoms with van der Waals surface area (Å²) in [6.07, 6.45) is 0. The number of aromatic nitrogens is 2. The molecule has 0 bridgehead atoms. The Labute approximate surface area is 175 Å². The van der Waals surface area contributed by atoms with Crippen LogP contribution in [-0.4, -0.2) is 21.4 Å². The van der Waals surface area contributed by atoms with Gasteiger partial charge < -0.3 is 0 Å². The van der Waals surface area contributed by atoms with Crippen molar-refractivity contribution in [1.29, 1.82) is 0 Å². The molecule has 9 heteroatoms. The Morgan fingerprint density at radius 3 is 2.46 bits per heavy atom. The highest BCUT2D eigenvalue weighted by Gasteiger charge is 2.17. The highest BCUT2D eigenvalue weighted by atomic mass is 35.5. The second-order valence-electron chi connectivity index (χ2n) is 5.88. The second-order valence-corrected chi connectivity index (χ2v) is 7.04. The number of benzene rings is 2. The molecule has 1 amide bonds. The third-order valence-corrected chi connectivity index (χ3v) is 5.43. The van der Waals surface area contributed by atoms with Crippen molar-refractivity contribution in [2.45, 2.75) is 20.4 Å². The molecule has 3 rings (SSSR count). The van der Waals surface area contributed by atoms with Crippen LogP contribution in [0.5, 0.6) is 0 Å². The van der Waals surface area contributed by atoms with Gasteiger partial charge in [-0.2, -0.15) is 10.2 Å². The van der Waals surface area contributed by atoms with Gasteiger partial charge in [0.15, 0.2) is 5.69 Å². The zero-order valence-corrected chi connectivity index (χ0v) is 17.2. The van der Waals surface area contributed by atoms with Crippen LogP contribution in [0.1, 0.15) is 29.9 Å². The molecule has 0 aliphatic carbocycles. The van der Waals surface area contributed by atoms with Crippen molar-refractivity contribution < 1.29 is 4.79 Å². The van der Waals surface area contributed by atoms with E-state index < -0.39 is 5.91 Å². The van der Waals surface area contributed by atoms with Crippen LogP contribution in [0.2, 0.25) is 15.1 Å². The molecule has 0 aliphatic heterocycles. The van der Waals surface area contributed by atoms with Crippen LogP contribution in [0, 0.1) is 0 Å². The maximum atomic E-state index is 12.7. The van der Waals surface area contributed by atoms with E-state index in [0.717, 1.165) is 0 Å². The topological polar surface area (TPSA) is 76.3 Å². The smallest absolute Gasteiger partial charge is 0.267 e. The molecule has 6 nitrogen and oxygen atoms in total. The normalized spacial score (nSPS) is 11.7. The van der Waals surface area contributed by atoms with Crippen molar-refractivity contribution in [3.05, 3.63) is 73.1 Å². The van der Waals surface area contributed by atoms with Crippen molar-refractivity contribution in [1.82, 2.24) is 15.2 Å². The van der Waals surface area contributed by atoms with Gasteiger partial charge in [0.1, 0.15) is 0 Å². The molecular formula is C19H15Cl3N4O2. The minimum Gasteiger partial charge on any atom is -0.267 e. The molecule has 1 aromatic heterocycles. The molecule has 2 aromatic carbocycles. The summed E-state index contributed by atoms with van der Waals surface area (Å²) in [6.45, 7) is 3.79. The number of fused-ring (bicyclic) bond motifs is 1. The highest BCUT2D eigenvalue weighted by molar-refractivity contribution is 6.49. The van der Waals surface area contributed by atoms with Crippen molar-refractivity contribution in [3.63, 3.8) is 0 Å². The molecule has 3 aromatic rings. The molecule has 0 spiro atoms. The summed E-state index contributed by atoms with van der Waals surface area (Å²) in [4.78, 5) is 25.1. The highest BCUT2D eigenvalue weighted by Crippen LogP contribution is 2.32. The number of hydrogen-bond acceptors (Lipinski definition) is 4. The van der Waals surface area contributed by atoms with Crippen LogP contribution in [0.15, 0.2) is 46.3 Å². The minimum absolute atomic E-state index is 0.105. The van der Waals surface area contributed by atoms with Gasteiger partial charge >= 0.3 is 0 Å². The lowest BCUT2D eigenvalue weighted by Crippen LogP contribution is -2.28. The van der Waals surface area contributed by atoms with Crippen molar-refractivity contribution in [2.75, 3.05) is 0 Å². The number of hydrazone groups is 1. The molecule has 0 aliphatic rings. The molecule has 0 unspecified atom stereocenters. The van der Waals surface area contributed by atoms with Crippen LogP contribution in [0.25, 0.3) is 10.8 Å². The fraction of sp³-hybridized carbons (Fsp3) is 0.158. The first kappa shape index (κ1) is 20.3. The maximum Gasteiger partial charge on any atom is 0.292 e. The van der Waals surface area contributed by atoms with Crippen LogP contribution >= 0.6 is 34.8 Å². The van der Waals surface area contributed by atoms with Gasteiger partial charge in [-0.3, -0.25) is 9.59 Å². The van der Waals surface area contributed by atoms with Gasteiger partial charge in [-0.15, -0.1) is 0 Å². The predicted octanol–water partition coefficient (Wildman–Crippen LogP) is 4.53. The number of nitrogens with zero attached hydrogens (tertiary/aromatic N) is 3. The molecule has 0 saturated heterocycles. The van der Waals surface area contributed by atoms with Crippen LogP contribution < -0.4 is 11.0 Å². The largest absolute Gasteiger partial charge is 0.292 e. The molecule has 0 atom stereocenters. The first-order valence-corrected chi connectivity index (χ1v) is 9.46. The third-order valence-electron chi connectivity index (χ3n) is 4.13. The Balaban J connectivity index is 1.98. The second kappa shape index (κ2) is 8.31. The fourth-order valence-electron chi connectivity index (χ4n) is 2.67. The Morgan fingerprint density at radius 1 is 1.11 bits per heavy atom. The van der Waals surface area contributed by atoms with E-state index in [9.17, 15) is 9.59 Å². The van der Waals surface area contributed by atoms with E-state index >= 15 is 0 Å². The Morgan fingerprint density at radius 2 is 1.79 bits per heavy atom. The summed E-state index contributed by atoms with van der Waals surface area (Å²) in [5.74, 6) is -0.547. The Hall–Kier alpha value is -2.41. The average molecular weight is 438 g/mol. The summed E-state index contributed by atoms with van der Waals surface area (Å²) in [6, 6.07) is 10.1. The zero-order chi connectivity index (χ0) is 20.4. The van der Waals surface area contributed by atoms with E-state index in [1.807, 2.05) is 0 Å². The number of halogens is 3. The number of rotatable bonds is 4. The van der Waals surface area contributed by atoms with E-state index in [1.54, 1.807) is 50.2 Å². The summed E-state index contributed by atoms with van der Waals surface area (Å²) in [5, 5.41) is 9.91. The molecule has 0 saturated carbocycles. The van der Waals surface area contributed by atoms with E-state index in [2.05, 4.69) is 15.6 Å². The first-order valence-electron chi connectivity index (χ1n) is 8.33. The lowest BCUT2D eigenvalue weighted by Gasteiger charge is -2.10. The van der Waals surface area contributed by atoms with Crippen molar-refractivity contribution in [3.8, 4) is 0 Å². The van der Waals surface area contributed by atoms with Crippen LogP contribution in [0.3, 0.4) is 0 Å². The number of hydrogen-bond donors (Lipinski definition) is 1. The monoisotopic (exact) mass is 436 g/mol. The minimum atomic E-state index is -0.547. The van der Waals surface area contributed by atoms with E-state index in [0.29, 0.717) is 33.6 Å². The Kier molecular flexibility index (Phi) is 6.03. The average Bonchev–Trinajstić information content (AvgIpc) is 2.70. The maximum absolute atomic E-state index is 12.7. The van der Waals surface area contributed by atoms with E-state index in [4.69, 9.17) is 34.8 Å². The number of carbonyl (C=O) groups is 1. The van der Waals surface area contributed by atoms with Gasteiger partial charge in [0, 0.05) is 17.5 Å². The third kappa shape index (κ3) is 3.76. The van der Waals surface area contributed by atoms with Gasteiger partial charge in [-0.05, 0) is 26.0 Å². The van der Waals surface area contributed by atoms with Gasteiger partial charge in [0.25, 0.3) is 11.5 Å². The van der Waals surface area contributed by atoms with E-state index in [-0.39, 0.29) is 21.3 Å². The molecule has 0 fully saturated rings. The summed E-state index contributed by atoms with van der Waals surface area (Å²) in [7, 11) is 0. The van der Waals surface area contributed by atoms with Crippen molar-refractivity contribution in [2.24, 2.45) is 5.10 Å². The predicted molar refractivity (Wildman–Crippen MR) is 113 cm³/mol. The summed E-state index contributed by atoms with van der Waals surface area (Å²) >= 11 is 18.2. The van der Waals surface area contributed by atoms with Crippen LogP contribution in [0.4, 0.5) is 0 Å². The number of carbonyl (C=O) groups excluding carboxylic acids is 1. The number of amides is 1. The van der Waals surface area contributed by atoms with Gasteiger partial charge in [-0.25, -0.2) is 10.1 Å². The molecular weight excluding hydrogens is 423 g/mol. The SMILES string of the molecule is CCn1nc(C(=O)N/N=C(\C)c2ccc(Cl)c(Cl)c2Cl)c2ccccc2c1=O. The summed E-state index contributed by atoms with van der Waals surface area (Å²) < 4.78 is 1.24. The number of aryl methyl sites for hydroxylation is 1. The molecule has 28 heavy (non-hydrogen) atoms. The zero-order valence-electron chi connectivity index (χ0n) is 15.0. The number of nitrogens with one attached hydrogen (secondary N) is 1. The van der Waals surface area contributed by atoms with Gasteiger partial charge in [-0.1, -0.05) is 59.1 Å².